The van der Waals surface area contributed by atoms with Crippen molar-refractivity contribution in [1.82, 2.24) is 0 Å². The SMILES string of the molecule is C=C1CC(C)(C)CC1=O. The van der Waals surface area contributed by atoms with Crippen molar-refractivity contribution in [3.8, 4) is 0 Å². The van der Waals surface area contributed by atoms with Gasteiger partial charge in [-0.3, -0.25) is 4.79 Å². The molecule has 0 spiro atoms. The van der Waals surface area contributed by atoms with Crippen LogP contribution in [0.5, 0.6) is 0 Å². The van der Waals surface area contributed by atoms with Gasteiger partial charge in [0, 0.05) is 6.42 Å². The van der Waals surface area contributed by atoms with Crippen LogP contribution in [0.4, 0.5) is 0 Å². The summed E-state index contributed by atoms with van der Waals surface area (Å²) >= 11 is 0. The lowest BCUT2D eigenvalue weighted by molar-refractivity contribution is -0.115. The second-order valence-electron chi connectivity index (χ2n) is 3.54. The number of allylic oxidation sites excluding steroid dienone is 1. The molecule has 0 heterocycles. The molecule has 1 aliphatic rings. The predicted molar refractivity (Wildman–Crippen MR) is 37.2 cm³/mol. The van der Waals surface area contributed by atoms with Crippen LogP contribution in [-0.4, -0.2) is 5.78 Å². The Labute approximate surface area is 55.8 Å². The van der Waals surface area contributed by atoms with Gasteiger partial charge in [-0.05, 0) is 17.4 Å². The molecule has 1 aliphatic carbocycles. The van der Waals surface area contributed by atoms with Crippen LogP contribution in [0.1, 0.15) is 26.7 Å². The van der Waals surface area contributed by atoms with Gasteiger partial charge in [0.1, 0.15) is 0 Å². The number of ketones is 1. The Bertz CT molecular complexity index is 147. The normalized spacial score (nSPS) is 25.1. The highest BCUT2D eigenvalue weighted by molar-refractivity contribution is 5.97. The van der Waals surface area contributed by atoms with E-state index < -0.39 is 0 Å². The van der Waals surface area contributed by atoms with Gasteiger partial charge in [0.2, 0.25) is 0 Å². The van der Waals surface area contributed by atoms with Gasteiger partial charge in [-0.1, -0.05) is 20.4 Å². The van der Waals surface area contributed by atoms with Crippen molar-refractivity contribution in [2.24, 2.45) is 5.41 Å². The average molecular weight is 124 g/mol. The van der Waals surface area contributed by atoms with Gasteiger partial charge in [0.25, 0.3) is 0 Å². The molecule has 1 fully saturated rings. The molecule has 0 aliphatic heterocycles. The molecule has 0 radical (unpaired) electrons. The van der Waals surface area contributed by atoms with Gasteiger partial charge in [-0.2, -0.15) is 0 Å². The highest BCUT2D eigenvalue weighted by Crippen LogP contribution is 2.36. The quantitative estimate of drug-likeness (QED) is 0.451. The lowest BCUT2D eigenvalue weighted by atomic mass is 9.92. The molecule has 0 atom stereocenters. The van der Waals surface area contributed by atoms with E-state index in [0.717, 1.165) is 12.0 Å². The summed E-state index contributed by atoms with van der Waals surface area (Å²) < 4.78 is 0. The third kappa shape index (κ3) is 1.21. The molecule has 1 heteroatoms. The summed E-state index contributed by atoms with van der Waals surface area (Å²) in [7, 11) is 0. The minimum atomic E-state index is 0.189. The maximum atomic E-state index is 10.9. The highest BCUT2D eigenvalue weighted by atomic mass is 16.1. The summed E-state index contributed by atoms with van der Waals surface area (Å²) in [6.07, 6.45) is 1.57. The van der Waals surface area contributed by atoms with Crippen LogP contribution in [0.15, 0.2) is 12.2 Å². The standard InChI is InChI=1S/C8H12O/c1-6-4-8(2,3)5-7(6)9/h1,4-5H2,2-3H3. The number of carbonyl (C=O) groups excluding carboxylic acids is 1. The molecule has 1 rings (SSSR count). The van der Waals surface area contributed by atoms with Gasteiger partial charge < -0.3 is 0 Å². The van der Waals surface area contributed by atoms with E-state index in [1.165, 1.54) is 0 Å². The van der Waals surface area contributed by atoms with Crippen LogP contribution >= 0.6 is 0 Å². The van der Waals surface area contributed by atoms with Crippen molar-refractivity contribution in [2.75, 3.05) is 0 Å². The Hall–Kier alpha value is -0.590. The van der Waals surface area contributed by atoms with Crippen molar-refractivity contribution >= 4 is 5.78 Å². The van der Waals surface area contributed by atoms with E-state index in [-0.39, 0.29) is 11.2 Å². The molecule has 0 N–H and O–H groups in total. The van der Waals surface area contributed by atoms with Crippen molar-refractivity contribution in [1.29, 1.82) is 0 Å². The predicted octanol–water partition coefficient (Wildman–Crippen LogP) is 1.93. The average Bonchev–Trinajstić information content (AvgIpc) is 1.79. The largest absolute Gasteiger partial charge is 0.295 e. The van der Waals surface area contributed by atoms with Gasteiger partial charge in [0.05, 0.1) is 0 Å². The molecular formula is C8H12O. The zero-order valence-corrected chi connectivity index (χ0v) is 6.03. The summed E-state index contributed by atoms with van der Waals surface area (Å²) in [5, 5.41) is 0. The molecule has 0 saturated heterocycles. The third-order valence-electron chi connectivity index (χ3n) is 1.73. The molecule has 0 aromatic heterocycles. The molecule has 0 unspecified atom stereocenters. The number of rotatable bonds is 0. The molecular weight excluding hydrogens is 112 g/mol. The van der Waals surface area contributed by atoms with E-state index in [9.17, 15) is 4.79 Å². The lowest BCUT2D eigenvalue weighted by Crippen LogP contribution is -2.04. The fourth-order valence-electron chi connectivity index (χ4n) is 1.30. The zero-order chi connectivity index (χ0) is 7.07. The maximum Gasteiger partial charge on any atom is 0.158 e. The molecule has 0 aromatic rings. The minimum Gasteiger partial charge on any atom is -0.295 e. The van der Waals surface area contributed by atoms with Crippen molar-refractivity contribution < 1.29 is 4.79 Å². The molecule has 0 bridgehead atoms. The van der Waals surface area contributed by atoms with Gasteiger partial charge in [-0.25, -0.2) is 0 Å². The maximum absolute atomic E-state index is 10.9. The van der Waals surface area contributed by atoms with E-state index in [2.05, 4.69) is 20.4 Å². The summed E-state index contributed by atoms with van der Waals surface area (Å²) in [6, 6.07) is 0. The summed E-state index contributed by atoms with van der Waals surface area (Å²) in [4.78, 5) is 10.9. The first kappa shape index (κ1) is 6.53. The van der Waals surface area contributed by atoms with E-state index >= 15 is 0 Å². The Kier molecular flexibility index (Phi) is 1.23. The number of Topliss-reactive ketones (excluding diaryl/α,β-unsaturated/α-hetero) is 1. The van der Waals surface area contributed by atoms with Crippen LogP contribution in [0.2, 0.25) is 0 Å². The van der Waals surface area contributed by atoms with Gasteiger partial charge in [0.15, 0.2) is 5.78 Å². The fraction of sp³-hybridized carbons (Fsp3) is 0.625. The molecule has 1 nitrogen and oxygen atoms in total. The summed E-state index contributed by atoms with van der Waals surface area (Å²) in [5.74, 6) is 0.250. The fourth-order valence-corrected chi connectivity index (χ4v) is 1.30. The van der Waals surface area contributed by atoms with Crippen molar-refractivity contribution in [3.63, 3.8) is 0 Å². The van der Waals surface area contributed by atoms with Crippen LogP contribution < -0.4 is 0 Å². The molecule has 0 amide bonds. The smallest absolute Gasteiger partial charge is 0.158 e. The number of carbonyl (C=O) groups is 1. The molecule has 9 heavy (non-hydrogen) atoms. The minimum absolute atomic E-state index is 0.189. The van der Waals surface area contributed by atoms with Crippen LogP contribution in [0.3, 0.4) is 0 Å². The highest BCUT2D eigenvalue weighted by Gasteiger charge is 2.31. The Morgan fingerprint density at radius 2 is 2.00 bits per heavy atom. The zero-order valence-electron chi connectivity index (χ0n) is 6.03. The first-order chi connectivity index (χ1) is 4.01. The topological polar surface area (TPSA) is 17.1 Å². The Morgan fingerprint density at radius 3 is 2.11 bits per heavy atom. The van der Waals surface area contributed by atoms with E-state index in [1.807, 2.05) is 0 Å². The second-order valence-corrected chi connectivity index (χ2v) is 3.54. The van der Waals surface area contributed by atoms with Crippen LogP contribution in [0.25, 0.3) is 0 Å². The molecule has 0 aromatic carbocycles. The summed E-state index contributed by atoms with van der Waals surface area (Å²) in [6.45, 7) is 7.88. The third-order valence-corrected chi connectivity index (χ3v) is 1.73. The Balaban J connectivity index is 2.76. The van der Waals surface area contributed by atoms with Crippen molar-refractivity contribution in [3.05, 3.63) is 12.2 Å². The first-order valence-electron chi connectivity index (χ1n) is 3.22. The molecule has 1 saturated carbocycles. The molecule has 50 valence electrons. The summed E-state index contributed by atoms with van der Waals surface area (Å²) in [5.41, 5.74) is 0.994. The Morgan fingerprint density at radius 1 is 1.44 bits per heavy atom. The van der Waals surface area contributed by atoms with Crippen molar-refractivity contribution in [2.45, 2.75) is 26.7 Å². The van der Waals surface area contributed by atoms with Crippen LogP contribution in [-0.2, 0) is 4.79 Å². The van der Waals surface area contributed by atoms with E-state index in [0.29, 0.717) is 6.42 Å². The van der Waals surface area contributed by atoms with E-state index in [4.69, 9.17) is 0 Å². The van der Waals surface area contributed by atoms with Crippen LogP contribution in [0, 0.1) is 5.41 Å². The van der Waals surface area contributed by atoms with Gasteiger partial charge >= 0.3 is 0 Å². The second kappa shape index (κ2) is 1.69. The van der Waals surface area contributed by atoms with Gasteiger partial charge in [-0.15, -0.1) is 0 Å². The van der Waals surface area contributed by atoms with E-state index in [1.54, 1.807) is 0 Å². The monoisotopic (exact) mass is 124 g/mol. The number of hydrogen-bond donors (Lipinski definition) is 0. The first-order valence-corrected chi connectivity index (χ1v) is 3.22. The lowest BCUT2D eigenvalue weighted by Gasteiger charge is -2.12. The number of hydrogen-bond acceptors (Lipinski definition) is 1.